The molecule has 0 amide bonds. The minimum Gasteiger partial charge on any atom is -0.254 e. The molecule has 1 nitrogen and oxygen atoms in total. The SMILES string of the molecule is CC1=CC(c2cc(C)cc(C#N)c2)=C[C-]=C=C1C(C)(C)C.[Y]. The summed E-state index contributed by atoms with van der Waals surface area (Å²) in [7, 11) is 0. The summed E-state index contributed by atoms with van der Waals surface area (Å²) in [6.45, 7) is 10.7. The maximum atomic E-state index is 9.12. The molecule has 0 unspecified atom stereocenters. The predicted molar refractivity (Wildman–Crippen MR) is 87.4 cm³/mol. The Morgan fingerprint density at radius 3 is 2.41 bits per heavy atom. The smallest absolute Gasteiger partial charge is 0.0991 e. The number of hydrogen-bond acceptors (Lipinski definition) is 1. The average Bonchev–Trinajstić information content (AvgIpc) is 2.59. The average molecular weight is 363 g/mol. The summed E-state index contributed by atoms with van der Waals surface area (Å²) < 4.78 is 0. The molecule has 1 aliphatic rings. The molecule has 0 saturated carbocycles. The van der Waals surface area contributed by atoms with Gasteiger partial charge in [-0.05, 0) is 19.1 Å². The van der Waals surface area contributed by atoms with Crippen LogP contribution in [0.25, 0.3) is 5.57 Å². The second kappa shape index (κ2) is 7.39. The molecule has 0 N–H and O–H groups in total. The van der Waals surface area contributed by atoms with Gasteiger partial charge < -0.3 is 0 Å². The van der Waals surface area contributed by atoms with Crippen LogP contribution in [-0.2, 0) is 32.7 Å². The molecule has 0 heterocycles. The van der Waals surface area contributed by atoms with Crippen LogP contribution >= 0.6 is 0 Å². The fourth-order valence-corrected chi connectivity index (χ4v) is 2.59. The van der Waals surface area contributed by atoms with Crippen molar-refractivity contribution in [3.8, 4) is 6.07 Å². The molecule has 0 fully saturated rings. The van der Waals surface area contributed by atoms with Crippen LogP contribution in [0.15, 0.2) is 47.2 Å². The first-order valence-electron chi connectivity index (χ1n) is 7.11. The van der Waals surface area contributed by atoms with Crippen LogP contribution in [0.2, 0.25) is 0 Å². The maximum absolute atomic E-state index is 9.12. The van der Waals surface area contributed by atoms with E-state index in [1.54, 1.807) is 0 Å². The van der Waals surface area contributed by atoms with Crippen LogP contribution in [-0.4, -0.2) is 0 Å². The molecular formula is C20H20NY-. The Bertz CT molecular complexity index is 743. The molecule has 0 atom stereocenters. The van der Waals surface area contributed by atoms with Crippen LogP contribution in [0.1, 0.15) is 44.4 Å². The second-order valence-corrected chi connectivity index (χ2v) is 6.52. The zero-order valence-corrected chi connectivity index (χ0v) is 16.7. The van der Waals surface area contributed by atoms with Crippen LogP contribution < -0.4 is 0 Å². The van der Waals surface area contributed by atoms with Gasteiger partial charge in [-0.2, -0.15) is 11.3 Å². The van der Waals surface area contributed by atoms with Crippen molar-refractivity contribution < 1.29 is 32.7 Å². The molecule has 2 rings (SSSR count). The van der Waals surface area contributed by atoms with Gasteiger partial charge in [-0.3, -0.25) is 5.73 Å². The quantitative estimate of drug-likeness (QED) is 0.501. The number of hydrogen-bond donors (Lipinski definition) is 0. The van der Waals surface area contributed by atoms with Crippen molar-refractivity contribution in [2.24, 2.45) is 5.41 Å². The Kier molecular flexibility index (Phi) is 6.33. The van der Waals surface area contributed by atoms with Crippen molar-refractivity contribution in [1.82, 2.24) is 0 Å². The van der Waals surface area contributed by atoms with E-state index < -0.39 is 0 Å². The van der Waals surface area contributed by atoms with Gasteiger partial charge in [0.15, 0.2) is 0 Å². The molecule has 0 spiro atoms. The van der Waals surface area contributed by atoms with Crippen LogP contribution in [0.4, 0.5) is 0 Å². The molecule has 1 aromatic carbocycles. The third-order valence-corrected chi connectivity index (χ3v) is 3.48. The van der Waals surface area contributed by atoms with Gasteiger partial charge in [0.1, 0.15) is 0 Å². The van der Waals surface area contributed by atoms with Crippen molar-refractivity contribution in [2.45, 2.75) is 34.6 Å². The number of aryl methyl sites for hydroxylation is 1. The largest absolute Gasteiger partial charge is 0.254 e. The van der Waals surface area contributed by atoms with Gasteiger partial charge in [0.25, 0.3) is 0 Å². The van der Waals surface area contributed by atoms with E-state index in [1.165, 1.54) is 11.1 Å². The Labute approximate surface area is 159 Å². The van der Waals surface area contributed by atoms with Crippen LogP contribution in [0.5, 0.6) is 0 Å². The van der Waals surface area contributed by atoms with E-state index in [0.717, 1.165) is 16.7 Å². The normalized spacial score (nSPS) is 14.1. The molecule has 0 aromatic heterocycles. The molecule has 2 heteroatoms. The van der Waals surface area contributed by atoms with Gasteiger partial charge in [0.05, 0.1) is 11.6 Å². The van der Waals surface area contributed by atoms with Crippen LogP contribution in [0, 0.1) is 29.7 Å². The summed E-state index contributed by atoms with van der Waals surface area (Å²) in [5, 5.41) is 9.12. The van der Waals surface area contributed by atoms with Gasteiger partial charge in [-0.1, -0.05) is 55.9 Å². The molecule has 1 aliphatic carbocycles. The molecule has 109 valence electrons. The summed E-state index contributed by atoms with van der Waals surface area (Å²) in [6.07, 6.45) is 7.25. The molecular weight excluding hydrogens is 343 g/mol. The van der Waals surface area contributed by atoms with Gasteiger partial charge in [-0.25, -0.2) is 0 Å². The topological polar surface area (TPSA) is 23.8 Å². The molecule has 1 radical (unpaired) electrons. The fraction of sp³-hybridized carbons (Fsp3) is 0.300. The van der Waals surface area contributed by atoms with E-state index in [1.807, 2.05) is 25.1 Å². The first-order chi connectivity index (χ1) is 9.81. The zero-order chi connectivity index (χ0) is 15.6. The zero-order valence-electron chi connectivity index (χ0n) is 13.9. The van der Waals surface area contributed by atoms with Crippen molar-refractivity contribution in [3.05, 3.63) is 70.0 Å². The fourth-order valence-electron chi connectivity index (χ4n) is 2.59. The van der Waals surface area contributed by atoms with Gasteiger partial charge in [0, 0.05) is 32.7 Å². The van der Waals surface area contributed by atoms with E-state index in [2.05, 4.69) is 57.7 Å². The summed E-state index contributed by atoms with van der Waals surface area (Å²) in [5.74, 6) is 0. The third kappa shape index (κ3) is 4.41. The summed E-state index contributed by atoms with van der Waals surface area (Å²) in [4.78, 5) is 0. The second-order valence-electron chi connectivity index (χ2n) is 6.52. The van der Waals surface area contributed by atoms with Crippen molar-refractivity contribution in [1.29, 1.82) is 5.26 Å². The Balaban J connectivity index is 0.00000242. The molecule has 0 bridgehead atoms. The summed E-state index contributed by atoms with van der Waals surface area (Å²) >= 11 is 0. The van der Waals surface area contributed by atoms with E-state index in [0.29, 0.717) is 5.56 Å². The molecule has 0 aliphatic heterocycles. The molecule has 1 aromatic rings. The van der Waals surface area contributed by atoms with Crippen molar-refractivity contribution in [3.63, 3.8) is 0 Å². The van der Waals surface area contributed by atoms with Crippen molar-refractivity contribution in [2.75, 3.05) is 0 Å². The van der Waals surface area contributed by atoms with Gasteiger partial charge in [-0.15, -0.1) is 23.3 Å². The monoisotopic (exact) mass is 363 g/mol. The van der Waals surface area contributed by atoms with E-state index >= 15 is 0 Å². The van der Waals surface area contributed by atoms with Crippen molar-refractivity contribution >= 4 is 5.57 Å². The summed E-state index contributed by atoms with van der Waals surface area (Å²) in [6, 6.07) is 8.14. The van der Waals surface area contributed by atoms with E-state index in [4.69, 9.17) is 5.26 Å². The Morgan fingerprint density at radius 1 is 1.14 bits per heavy atom. The van der Waals surface area contributed by atoms with Gasteiger partial charge >= 0.3 is 0 Å². The van der Waals surface area contributed by atoms with E-state index in [9.17, 15) is 0 Å². The third-order valence-electron chi connectivity index (χ3n) is 3.48. The minimum absolute atomic E-state index is 0. The number of nitriles is 1. The number of benzene rings is 1. The van der Waals surface area contributed by atoms with E-state index in [-0.39, 0.29) is 38.1 Å². The maximum Gasteiger partial charge on any atom is 0.0991 e. The number of nitrogens with zero attached hydrogens (tertiary/aromatic N) is 1. The summed E-state index contributed by atoms with van der Waals surface area (Å²) in [5.41, 5.74) is 9.58. The Hall–Kier alpha value is -1.19. The van der Waals surface area contributed by atoms with Crippen LogP contribution in [0.3, 0.4) is 0 Å². The standard InChI is InChI=1S/C20H20N.Y/c1-14-9-16(13-21)12-18(10-14)17-7-6-8-19(15(2)11-17)20(3,4)5;/h7,9-12H,1-5H3;/q-1;. The van der Waals surface area contributed by atoms with Gasteiger partial charge in [0.2, 0.25) is 0 Å². The minimum atomic E-state index is 0. The first kappa shape index (κ1) is 18.9. The Morgan fingerprint density at radius 2 is 1.82 bits per heavy atom. The number of allylic oxidation sites excluding steroid dienone is 5. The molecule has 22 heavy (non-hydrogen) atoms. The predicted octanol–water partition coefficient (Wildman–Crippen LogP) is 5.14. The molecule has 0 saturated heterocycles. The number of rotatable bonds is 1. The first-order valence-corrected chi connectivity index (χ1v) is 7.11.